The second-order valence-electron chi connectivity index (χ2n) is 4.83. The number of unbranched alkanes of at least 4 members (excludes halogenated alkanes) is 3. The summed E-state index contributed by atoms with van der Waals surface area (Å²) in [4.78, 5) is 45.1. The number of urea groups is 2. The summed E-state index contributed by atoms with van der Waals surface area (Å²) in [5, 5.41) is 9.28. The first-order valence-electron chi connectivity index (χ1n) is 7.83. The molecular weight excluding hydrogens is 352 g/mol. The van der Waals surface area contributed by atoms with Crippen LogP contribution in [0.3, 0.4) is 0 Å². The van der Waals surface area contributed by atoms with Crippen LogP contribution in [0.4, 0.5) is 9.59 Å². The summed E-state index contributed by atoms with van der Waals surface area (Å²) in [5.41, 5.74) is 0. The highest BCUT2D eigenvalue weighted by molar-refractivity contribution is 8.76. The molecule has 0 aromatic rings. The monoisotopic (exact) mass is 378 g/mol. The Balaban J connectivity index is 3.53. The molecule has 0 aromatic carbocycles. The first-order valence-corrected chi connectivity index (χ1v) is 10.3. The number of hydrogen-bond donors (Lipinski definition) is 4. The van der Waals surface area contributed by atoms with E-state index in [-0.39, 0.29) is 17.6 Å². The minimum Gasteiger partial charge on any atom is -0.341 e. The second-order valence-corrected chi connectivity index (χ2v) is 7.41. The smallest absolute Gasteiger partial charge is 0.321 e. The van der Waals surface area contributed by atoms with E-state index in [1.54, 1.807) is 0 Å². The van der Waals surface area contributed by atoms with Gasteiger partial charge in [0.15, 0.2) is 0 Å². The number of carbonyl (C=O) groups is 4. The molecule has 0 rings (SSSR count). The summed E-state index contributed by atoms with van der Waals surface area (Å²) in [5.74, 6) is 0.0686. The van der Waals surface area contributed by atoms with Gasteiger partial charge >= 0.3 is 12.1 Å². The Kier molecular flexibility index (Phi) is 14.2. The van der Waals surface area contributed by atoms with Gasteiger partial charge in [-0.25, -0.2) is 9.59 Å². The van der Waals surface area contributed by atoms with Crippen LogP contribution in [0, 0.1) is 0 Å². The predicted molar refractivity (Wildman–Crippen MR) is 97.8 cm³/mol. The normalized spacial score (nSPS) is 9.92. The van der Waals surface area contributed by atoms with Gasteiger partial charge < -0.3 is 10.6 Å². The summed E-state index contributed by atoms with van der Waals surface area (Å²) in [7, 11) is 4.10. The molecule has 0 aliphatic carbocycles. The first kappa shape index (κ1) is 22.6. The number of amides is 6. The number of nitrogens with one attached hydrogen (secondary N) is 4. The Morgan fingerprint density at radius 2 is 1.58 bits per heavy atom. The van der Waals surface area contributed by atoms with Gasteiger partial charge in [0.05, 0.1) is 5.75 Å². The molecule has 0 fully saturated rings. The quantitative estimate of drug-likeness (QED) is 0.321. The Bertz CT molecular complexity index is 422. The lowest BCUT2D eigenvalue weighted by atomic mass is 10.1. The molecule has 6 amide bonds. The third-order valence-electron chi connectivity index (χ3n) is 2.73. The molecule has 0 aliphatic rings. The van der Waals surface area contributed by atoms with Crippen molar-refractivity contribution in [1.29, 1.82) is 0 Å². The van der Waals surface area contributed by atoms with Gasteiger partial charge in [-0.2, -0.15) is 0 Å². The Morgan fingerprint density at radius 1 is 0.875 bits per heavy atom. The van der Waals surface area contributed by atoms with E-state index in [0.29, 0.717) is 18.7 Å². The van der Waals surface area contributed by atoms with Gasteiger partial charge in [0.2, 0.25) is 11.8 Å². The summed E-state index contributed by atoms with van der Waals surface area (Å²) >= 11 is 0. The summed E-state index contributed by atoms with van der Waals surface area (Å²) in [6.45, 7) is 2.47. The number of carbonyl (C=O) groups excluding carboxylic acids is 4. The van der Waals surface area contributed by atoms with Crippen LogP contribution in [-0.2, 0) is 9.59 Å². The lowest BCUT2D eigenvalue weighted by molar-refractivity contribution is -0.120. The molecule has 24 heavy (non-hydrogen) atoms. The zero-order chi connectivity index (χ0) is 18.2. The minimum absolute atomic E-state index is 0.139. The van der Waals surface area contributed by atoms with Crippen LogP contribution in [0.25, 0.3) is 0 Å². The number of rotatable bonds is 11. The SMILES string of the molecule is CCCCCCC(=O)NC(=O)NCCSSCC(=O)NC(=O)NC. The van der Waals surface area contributed by atoms with Crippen molar-refractivity contribution < 1.29 is 19.2 Å². The van der Waals surface area contributed by atoms with Gasteiger partial charge in [0.25, 0.3) is 0 Å². The maximum atomic E-state index is 11.5. The van der Waals surface area contributed by atoms with E-state index in [1.165, 1.54) is 28.6 Å². The fourth-order valence-corrected chi connectivity index (χ4v) is 3.27. The van der Waals surface area contributed by atoms with Crippen molar-refractivity contribution in [2.45, 2.75) is 39.0 Å². The van der Waals surface area contributed by atoms with E-state index >= 15 is 0 Å². The van der Waals surface area contributed by atoms with Gasteiger partial charge in [0.1, 0.15) is 0 Å². The average Bonchev–Trinajstić information content (AvgIpc) is 2.54. The lowest BCUT2D eigenvalue weighted by Crippen LogP contribution is -2.40. The maximum absolute atomic E-state index is 11.5. The van der Waals surface area contributed by atoms with Gasteiger partial charge in [0, 0.05) is 25.8 Å². The van der Waals surface area contributed by atoms with Crippen LogP contribution in [0.2, 0.25) is 0 Å². The highest BCUT2D eigenvalue weighted by Gasteiger charge is 2.07. The Labute approximate surface area is 150 Å². The molecule has 0 bridgehead atoms. The molecule has 0 unspecified atom stereocenters. The molecule has 10 heteroatoms. The van der Waals surface area contributed by atoms with Crippen molar-refractivity contribution in [3.8, 4) is 0 Å². The molecule has 0 heterocycles. The van der Waals surface area contributed by atoms with E-state index in [9.17, 15) is 19.2 Å². The molecule has 0 spiro atoms. The van der Waals surface area contributed by atoms with Gasteiger partial charge in [-0.1, -0.05) is 47.8 Å². The largest absolute Gasteiger partial charge is 0.341 e. The third-order valence-corrected chi connectivity index (χ3v) is 5.01. The average molecular weight is 379 g/mol. The van der Waals surface area contributed by atoms with Gasteiger partial charge in [-0.05, 0) is 6.42 Å². The molecule has 0 atom stereocenters. The fourth-order valence-electron chi connectivity index (χ4n) is 1.53. The lowest BCUT2D eigenvalue weighted by Gasteiger charge is -2.06. The number of imide groups is 2. The predicted octanol–water partition coefficient (Wildman–Crippen LogP) is 1.62. The molecule has 0 saturated heterocycles. The Morgan fingerprint density at radius 3 is 2.25 bits per heavy atom. The topological polar surface area (TPSA) is 116 Å². The third kappa shape index (κ3) is 14.2. The summed E-state index contributed by atoms with van der Waals surface area (Å²) < 4.78 is 0. The molecule has 4 N–H and O–H groups in total. The molecule has 8 nitrogen and oxygen atoms in total. The van der Waals surface area contributed by atoms with E-state index in [2.05, 4.69) is 28.2 Å². The molecular formula is C14H26N4O4S2. The van der Waals surface area contributed by atoms with E-state index < -0.39 is 12.1 Å². The van der Waals surface area contributed by atoms with Crippen LogP contribution in [0.5, 0.6) is 0 Å². The summed E-state index contributed by atoms with van der Waals surface area (Å²) in [6, 6.07) is -1.04. The number of hydrogen-bond acceptors (Lipinski definition) is 6. The highest BCUT2D eigenvalue weighted by Crippen LogP contribution is 2.19. The second kappa shape index (κ2) is 15.1. The van der Waals surface area contributed by atoms with Crippen molar-refractivity contribution >= 4 is 45.5 Å². The minimum atomic E-state index is -0.539. The zero-order valence-corrected chi connectivity index (χ0v) is 15.7. The molecule has 0 radical (unpaired) electrons. The fraction of sp³-hybridized carbons (Fsp3) is 0.714. The molecule has 0 saturated carbocycles. The Hall–Kier alpha value is -1.42. The van der Waals surface area contributed by atoms with Crippen LogP contribution in [0.1, 0.15) is 39.0 Å². The van der Waals surface area contributed by atoms with Crippen LogP contribution in [0.15, 0.2) is 0 Å². The van der Waals surface area contributed by atoms with Crippen molar-refractivity contribution in [3.63, 3.8) is 0 Å². The first-order chi connectivity index (χ1) is 11.5. The molecule has 0 aromatic heterocycles. The van der Waals surface area contributed by atoms with Crippen LogP contribution >= 0.6 is 21.6 Å². The van der Waals surface area contributed by atoms with Crippen molar-refractivity contribution in [1.82, 2.24) is 21.3 Å². The van der Waals surface area contributed by atoms with Crippen molar-refractivity contribution in [3.05, 3.63) is 0 Å². The van der Waals surface area contributed by atoms with Gasteiger partial charge in [-0.15, -0.1) is 0 Å². The van der Waals surface area contributed by atoms with E-state index in [0.717, 1.165) is 25.7 Å². The maximum Gasteiger partial charge on any atom is 0.321 e. The van der Waals surface area contributed by atoms with Crippen LogP contribution in [-0.4, -0.2) is 49.0 Å². The van der Waals surface area contributed by atoms with Gasteiger partial charge in [-0.3, -0.25) is 20.2 Å². The summed E-state index contributed by atoms with van der Waals surface area (Å²) in [6.07, 6.45) is 4.34. The van der Waals surface area contributed by atoms with E-state index in [1.807, 2.05) is 0 Å². The molecule has 138 valence electrons. The van der Waals surface area contributed by atoms with Crippen molar-refractivity contribution in [2.24, 2.45) is 0 Å². The van der Waals surface area contributed by atoms with Crippen LogP contribution < -0.4 is 21.3 Å². The molecule has 0 aliphatic heterocycles. The highest BCUT2D eigenvalue weighted by atomic mass is 33.1. The standard InChI is InChI=1S/C14H26N4O4S2/c1-3-4-5-6-7-11(19)17-14(22)16-8-9-23-24-10-12(20)18-13(21)15-2/h3-10H2,1-2H3,(H2,15,18,20,21)(H2,16,17,19,22). The van der Waals surface area contributed by atoms with E-state index in [4.69, 9.17) is 0 Å². The zero-order valence-electron chi connectivity index (χ0n) is 14.1. The van der Waals surface area contributed by atoms with Crippen molar-refractivity contribution in [2.75, 3.05) is 25.1 Å².